The molecule has 1 aromatic heterocycles. The maximum Gasteiger partial charge on any atom is 0.310 e. The van der Waals surface area contributed by atoms with E-state index in [0.29, 0.717) is 0 Å². The molecule has 0 atom stereocenters. The molecule has 23 heavy (non-hydrogen) atoms. The molecule has 1 aromatic carbocycles. The van der Waals surface area contributed by atoms with Gasteiger partial charge < -0.3 is 10.1 Å². The molecule has 0 bridgehead atoms. The Bertz CT molecular complexity index is 708. The van der Waals surface area contributed by atoms with E-state index in [0.717, 1.165) is 5.56 Å². The number of anilines is 1. The van der Waals surface area contributed by atoms with Gasteiger partial charge in [-0.15, -0.1) is 0 Å². The fourth-order valence-electron chi connectivity index (χ4n) is 1.62. The lowest BCUT2D eigenvalue weighted by atomic mass is 10.2. The van der Waals surface area contributed by atoms with Crippen LogP contribution in [0.1, 0.15) is 5.56 Å². The number of hydrogen-bond donors (Lipinski definition) is 1. The van der Waals surface area contributed by atoms with E-state index in [1.54, 1.807) is 6.07 Å². The van der Waals surface area contributed by atoms with Crippen LogP contribution in [0.25, 0.3) is 0 Å². The van der Waals surface area contributed by atoms with E-state index < -0.39 is 18.5 Å². The van der Waals surface area contributed by atoms with Crippen molar-refractivity contribution in [3.05, 3.63) is 48.5 Å². The average molecular weight is 413 g/mol. The average Bonchev–Trinajstić information content (AvgIpc) is 3.00. The standard InChI is InChI=1S/C14H9Cl4NO3S/c15-8-4-9(16)13(18)14(12(8)17)19-10(20)5-22-11(21)3-7-1-2-23-6-7/h1-2,4,6H,3,5H2,(H,19,20). The minimum Gasteiger partial charge on any atom is -0.455 e. The molecule has 0 radical (unpaired) electrons. The highest BCUT2D eigenvalue weighted by molar-refractivity contribution is 7.08. The molecule has 2 aromatic rings. The van der Waals surface area contributed by atoms with Crippen LogP contribution in [-0.2, 0) is 20.7 Å². The van der Waals surface area contributed by atoms with Gasteiger partial charge in [-0.2, -0.15) is 11.3 Å². The molecule has 1 heterocycles. The second-order valence-electron chi connectivity index (χ2n) is 4.36. The molecule has 0 fully saturated rings. The Balaban J connectivity index is 1.94. The van der Waals surface area contributed by atoms with Crippen LogP contribution in [0, 0.1) is 0 Å². The second kappa shape index (κ2) is 8.22. The van der Waals surface area contributed by atoms with Gasteiger partial charge in [-0.1, -0.05) is 46.4 Å². The molecular formula is C14H9Cl4NO3S. The molecule has 0 spiro atoms. The van der Waals surface area contributed by atoms with Gasteiger partial charge in [-0.25, -0.2) is 0 Å². The summed E-state index contributed by atoms with van der Waals surface area (Å²) in [6, 6.07) is 3.17. The molecule has 9 heteroatoms. The number of thiophene rings is 1. The fourth-order valence-corrected chi connectivity index (χ4v) is 3.19. The van der Waals surface area contributed by atoms with Crippen molar-refractivity contribution in [2.75, 3.05) is 11.9 Å². The molecule has 4 nitrogen and oxygen atoms in total. The van der Waals surface area contributed by atoms with Crippen LogP contribution < -0.4 is 5.32 Å². The Morgan fingerprint density at radius 2 is 1.78 bits per heavy atom. The van der Waals surface area contributed by atoms with Crippen molar-refractivity contribution in [3.8, 4) is 0 Å². The summed E-state index contributed by atoms with van der Waals surface area (Å²) < 4.78 is 4.89. The van der Waals surface area contributed by atoms with Crippen LogP contribution in [0.3, 0.4) is 0 Å². The van der Waals surface area contributed by atoms with Crippen LogP contribution in [0.5, 0.6) is 0 Å². The van der Waals surface area contributed by atoms with Crippen molar-refractivity contribution in [2.45, 2.75) is 6.42 Å². The summed E-state index contributed by atoms with van der Waals surface area (Å²) in [4.78, 5) is 23.5. The summed E-state index contributed by atoms with van der Waals surface area (Å²) >= 11 is 25.2. The molecule has 0 saturated carbocycles. The number of nitrogens with one attached hydrogen (secondary N) is 1. The van der Waals surface area contributed by atoms with Crippen molar-refractivity contribution in [1.29, 1.82) is 0 Å². The third-order valence-electron chi connectivity index (χ3n) is 2.67. The Kier molecular flexibility index (Phi) is 6.56. The summed E-state index contributed by atoms with van der Waals surface area (Å²) in [6.07, 6.45) is 0.0985. The van der Waals surface area contributed by atoms with Gasteiger partial charge in [0.1, 0.15) is 0 Å². The Labute approximate surface area is 156 Å². The van der Waals surface area contributed by atoms with Gasteiger partial charge in [0.15, 0.2) is 6.61 Å². The van der Waals surface area contributed by atoms with Gasteiger partial charge in [-0.3, -0.25) is 9.59 Å². The summed E-state index contributed by atoms with van der Waals surface area (Å²) in [7, 11) is 0. The highest BCUT2D eigenvalue weighted by Crippen LogP contribution is 2.40. The minimum atomic E-state index is -0.606. The number of amides is 1. The summed E-state index contributed by atoms with van der Waals surface area (Å²) in [5.41, 5.74) is 0.901. The Morgan fingerprint density at radius 1 is 1.13 bits per heavy atom. The first-order chi connectivity index (χ1) is 10.9. The van der Waals surface area contributed by atoms with Crippen molar-refractivity contribution in [1.82, 2.24) is 0 Å². The molecule has 0 unspecified atom stereocenters. The first-order valence-electron chi connectivity index (χ1n) is 6.18. The first-order valence-corrected chi connectivity index (χ1v) is 8.63. The van der Waals surface area contributed by atoms with Crippen molar-refractivity contribution in [2.24, 2.45) is 0 Å². The molecule has 0 aliphatic carbocycles. The number of esters is 1. The number of benzene rings is 1. The van der Waals surface area contributed by atoms with E-state index in [1.165, 1.54) is 17.4 Å². The summed E-state index contributed by atoms with van der Waals surface area (Å²) in [6.45, 7) is -0.472. The van der Waals surface area contributed by atoms with E-state index in [2.05, 4.69) is 5.32 Å². The van der Waals surface area contributed by atoms with Gasteiger partial charge in [0.25, 0.3) is 5.91 Å². The van der Waals surface area contributed by atoms with Crippen molar-refractivity contribution in [3.63, 3.8) is 0 Å². The second-order valence-corrected chi connectivity index (χ2v) is 6.71. The highest BCUT2D eigenvalue weighted by atomic mass is 35.5. The summed E-state index contributed by atoms with van der Waals surface area (Å²) in [5.74, 6) is -1.12. The number of ether oxygens (including phenoxy) is 1. The first kappa shape index (κ1) is 18.4. The normalized spacial score (nSPS) is 10.4. The number of carbonyl (C=O) groups excluding carboxylic acids is 2. The summed E-state index contributed by atoms with van der Waals surface area (Å²) in [5, 5.41) is 6.50. The largest absolute Gasteiger partial charge is 0.455 e. The minimum absolute atomic E-state index is 0.0546. The van der Waals surface area contributed by atoms with Crippen LogP contribution in [-0.4, -0.2) is 18.5 Å². The van der Waals surface area contributed by atoms with Crippen LogP contribution in [0.4, 0.5) is 5.69 Å². The third-order valence-corrected chi connectivity index (χ3v) is 4.98. The molecule has 1 N–H and O–H groups in total. The number of carbonyl (C=O) groups is 2. The van der Waals surface area contributed by atoms with Crippen molar-refractivity contribution >= 4 is 75.3 Å². The predicted molar refractivity (Wildman–Crippen MR) is 94.1 cm³/mol. The third kappa shape index (κ3) is 4.99. The zero-order chi connectivity index (χ0) is 17.0. The highest BCUT2D eigenvalue weighted by Gasteiger charge is 2.17. The van der Waals surface area contributed by atoms with Crippen molar-refractivity contribution < 1.29 is 14.3 Å². The van der Waals surface area contributed by atoms with Crippen LogP contribution in [0.15, 0.2) is 22.9 Å². The Hall–Kier alpha value is -0.980. The lowest BCUT2D eigenvalue weighted by molar-refractivity contribution is -0.146. The SMILES string of the molecule is O=C(COC(=O)Cc1ccsc1)Nc1c(Cl)c(Cl)cc(Cl)c1Cl. The lowest BCUT2D eigenvalue weighted by Crippen LogP contribution is -2.22. The van der Waals surface area contributed by atoms with Crippen LogP contribution in [0.2, 0.25) is 20.1 Å². The predicted octanol–water partition coefficient (Wildman–Crippen LogP) is 5.09. The van der Waals surface area contributed by atoms with Gasteiger partial charge in [0.05, 0.1) is 32.2 Å². The number of hydrogen-bond acceptors (Lipinski definition) is 4. The van der Waals surface area contributed by atoms with E-state index in [4.69, 9.17) is 51.1 Å². The topological polar surface area (TPSA) is 55.4 Å². The zero-order valence-electron chi connectivity index (χ0n) is 11.4. The smallest absolute Gasteiger partial charge is 0.310 e. The van der Waals surface area contributed by atoms with Crippen LogP contribution >= 0.6 is 57.7 Å². The van der Waals surface area contributed by atoms with E-state index in [-0.39, 0.29) is 32.2 Å². The van der Waals surface area contributed by atoms with Gasteiger partial charge in [-0.05, 0) is 28.5 Å². The monoisotopic (exact) mass is 411 g/mol. The molecule has 0 aliphatic heterocycles. The quantitative estimate of drug-likeness (QED) is 0.549. The van der Waals surface area contributed by atoms with E-state index in [1.807, 2.05) is 10.8 Å². The maximum atomic E-state index is 11.9. The van der Waals surface area contributed by atoms with E-state index in [9.17, 15) is 9.59 Å². The number of halogens is 4. The van der Waals surface area contributed by atoms with E-state index >= 15 is 0 Å². The molecular weight excluding hydrogens is 404 g/mol. The molecule has 0 aliphatic rings. The van der Waals surface area contributed by atoms with Gasteiger partial charge >= 0.3 is 5.97 Å². The Morgan fingerprint density at radius 3 is 2.35 bits per heavy atom. The van der Waals surface area contributed by atoms with Gasteiger partial charge in [0.2, 0.25) is 0 Å². The fraction of sp³-hybridized carbons (Fsp3) is 0.143. The molecule has 0 saturated heterocycles. The maximum absolute atomic E-state index is 11.9. The van der Waals surface area contributed by atoms with Gasteiger partial charge in [0, 0.05) is 0 Å². The zero-order valence-corrected chi connectivity index (χ0v) is 15.2. The molecule has 1 amide bonds. The molecule has 2 rings (SSSR count). The lowest BCUT2D eigenvalue weighted by Gasteiger charge is -2.12. The number of rotatable bonds is 5. The molecule has 122 valence electrons.